The van der Waals surface area contributed by atoms with Gasteiger partial charge < -0.3 is 15.7 Å². The van der Waals surface area contributed by atoms with E-state index in [1.807, 2.05) is 6.92 Å². The Bertz CT molecular complexity index is 415. The quantitative estimate of drug-likeness (QED) is 0.772. The molecule has 0 aliphatic carbocycles. The fraction of sp³-hybridized carbons (Fsp3) is 0.417. The first kappa shape index (κ1) is 15.3. The molecule has 0 aromatic heterocycles. The molecule has 18 heavy (non-hydrogen) atoms. The molecule has 0 spiro atoms. The van der Waals surface area contributed by atoms with Gasteiger partial charge in [-0.15, -0.1) is 0 Å². The van der Waals surface area contributed by atoms with Gasteiger partial charge in [0.1, 0.15) is 0 Å². The lowest BCUT2D eigenvalue weighted by Crippen LogP contribution is -2.36. The highest BCUT2D eigenvalue weighted by atomic mass is 79.9. The lowest BCUT2D eigenvalue weighted by molar-refractivity contribution is 0.245. The Morgan fingerprint density at radius 2 is 2.28 bits per heavy atom. The standard InChI is InChI=1S/C12H16BrClN2O2/c1-8(3-2-6-17)15-12(18)16-11-5-4-9(13)7-10(11)14/h4-5,7-8,17H,2-3,6H2,1H3,(H2,15,16,18). The van der Waals surface area contributed by atoms with E-state index in [4.69, 9.17) is 16.7 Å². The van der Waals surface area contributed by atoms with Gasteiger partial charge in [-0.3, -0.25) is 0 Å². The summed E-state index contributed by atoms with van der Waals surface area (Å²) >= 11 is 9.28. The van der Waals surface area contributed by atoms with Crippen LogP contribution in [-0.4, -0.2) is 23.8 Å². The Labute approximate surface area is 120 Å². The van der Waals surface area contributed by atoms with Gasteiger partial charge >= 0.3 is 6.03 Å². The van der Waals surface area contributed by atoms with Gasteiger partial charge in [-0.05, 0) is 38.0 Å². The van der Waals surface area contributed by atoms with Gasteiger partial charge in [-0.25, -0.2) is 4.79 Å². The van der Waals surface area contributed by atoms with Crippen LogP contribution >= 0.6 is 27.5 Å². The maximum Gasteiger partial charge on any atom is 0.319 e. The number of amides is 2. The summed E-state index contributed by atoms with van der Waals surface area (Å²) in [5, 5.41) is 14.6. The molecule has 0 radical (unpaired) electrons. The maximum absolute atomic E-state index is 11.7. The molecule has 3 N–H and O–H groups in total. The zero-order valence-corrected chi connectivity index (χ0v) is 12.4. The topological polar surface area (TPSA) is 61.4 Å². The van der Waals surface area contributed by atoms with Crippen LogP contribution in [0.5, 0.6) is 0 Å². The normalized spacial score (nSPS) is 12.0. The Morgan fingerprint density at radius 3 is 2.89 bits per heavy atom. The van der Waals surface area contributed by atoms with Crippen LogP contribution in [0.1, 0.15) is 19.8 Å². The van der Waals surface area contributed by atoms with Crippen LogP contribution in [0.4, 0.5) is 10.5 Å². The van der Waals surface area contributed by atoms with Crippen LogP contribution < -0.4 is 10.6 Å². The first-order valence-electron chi connectivity index (χ1n) is 5.66. The minimum absolute atomic E-state index is 0.00590. The number of carbonyl (C=O) groups excluding carboxylic acids is 1. The molecule has 1 unspecified atom stereocenters. The van der Waals surface area contributed by atoms with E-state index in [0.717, 1.165) is 10.9 Å². The third-order valence-corrected chi connectivity index (χ3v) is 3.16. The van der Waals surface area contributed by atoms with Crippen molar-refractivity contribution in [2.45, 2.75) is 25.8 Å². The Kier molecular flexibility index (Phi) is 6.46. The van der Waals surface area contributed by atoms with Crippen molar-refractivity contribution in [1.29, 1.82) is 0 Å². The first-order valence-corrected chi connectivity index (χ1v) is 6.83. The summed E-state index contributed by atoms with van der Waals surface area (Å²) in [4.78, 5) is 11.7. The van der Waals surface area contributed by atoms with Crippen LogP contribution in [-0.2, 0) is 0 Å². The number of nitrogens with one attached hydrogen (secondary N) is 2. The lowest BCUT2D eigenvalue weighted by Gasteiger charge is -2.14. The van der Waals surface area contributed by atoms with Gasteiger partial charge in [-0.1, -0.05) is 27.5 Å². The van der Waals surface area contributed by atoms with E-state index >= 15 is 0 Å². The van der Waals surface area contributed by atoms with Crippen molar-refractivity contribution >= 4 is 39.2 Å². The smallest absolute Gasteiger partial charge is 0.319 e. The average Bonchev–Trinajstić information content (AvgIpc) is 2.30. The molecule has 0 aliphatic heterocycles. The third kappa shape index (κ3) is 5.25. The fourth-order valence-electron chi connectivity index (χ4n) is 1.44. The van der Waals surface area contributed by atoms with Gasteiger partial charge in [0, 0.05) is 17.1 Å². The zero-order chi connectivity index (χ0) is 13.5. The number of aliphatic hydroxyl groups is 1. The zero-order valence-electron chi connectivity index (χ0n) is 10.0. The number of rotatable bonds is 5. The second-order valence-electron chi connectivity index (χ2n) is 3.99. The van der Waals surface area contributed by atoms with Crippen molar-refractivity contribution in [3.05, 3.63) is 27.7 Å². The minimum atomic E-state index is -0.301. The molecule has 0 saturated carbocycles. The minimum Gasteiger partial charge on any atom is -0.396 e. The number of benzene rings is 1. The SMILES string of the molecule is CC(CCCO)NC(=O)Nc1ccc(Br)cc1Cl. The lowest BCUT2D eigenvalue weighted by atomic mass is 10.2. The number of urea groups is 1. The molecular weight excluding hydrogens is 320 g/mol. The van der Waals surface area contributed by atoms with E-state index in [9.17, 15) is 4.79 Å². The van der Waals surface area contributed by atoms with E-state index in [1.165, 1.54) is 0 Å². The molecule has 100 valence electrons. The summed E-state index contributed by atoms with van der Waals surface area (Å²) in [6.07, 6.45) is 1.40. The molecule has 2 amide bonds. The van der Waals surface area contributed by atoms with Crippen LogP contribution in [0.2, 0.25) is 5.02 Å². The molecule has 0 aliphatic rings. The molecular formula is C12H16BrClN2O2. The largest absolute Gasteiger partial charge is 0.396 e. The maximum atomic E-state index is 11.7. The van der Waals surface area contributed by atoms with Gasteiger partial charge in [0.25, 0.3) is 0 Å². The Balaban J connectivity index is 2.49. The van der Waals surface area contributed by atoms with E-state index in [-0.39, 0.29) is 18.7 Å². The van der Waals surface area contributed by atoms with Gasteiger partial charge in [0.05, 0.1) is 10.7 Å². The highest BCUT2D eigenvalue weighted by Gasteiger charge is 2.09. The van der Waals surface area contributed by atoms with Crippen LogP contribution in [0.3, 0.4) is 0 Å². The Hall–Kier alpha value is -0.780. The van der Waals surface area contributed by atoms with Crippen molar-refractivity contribution in [3.63, 3.8) is 0 Å². The molecule has 1 atom stereocenters. The summed E-state index contributed by atoms with van der Waals surface area (Å²) in [5.74, 6) is 0. The number of anilines is 1. The molecule has 6 heteroatoms. The van der Waals surface area contributed by atoms with Gasteiger partial charge in [-0.2, -0.15) is 0 Å². The second kappa shape index (κ2) is 7.61. The van der Waals surface area contributed by atoms with E-state index in [1.54, 1.807) is 18.2 Å². The Morgan fingerprint density at radius 1 is 1.56 bits per heavy atom. The highest BCUT2D eigenvalue weighted by Crippen LogP contribution is 2.25. The van der Waals surface area contributed by atoms with Crippen molar-refractivity contribution in [1.82, 2.24) is 5.32 Å². The third-order valence-electron chi connectivity index (χ3n) is 2.35. The molecule has 0 bridgehead atoms. The summed E-state index contributed by atoms with van der Waals surface area (Å²) in [5.41, 5.74) is 0.562. The van der Waals surface area contributed by atoms with E-state index in [0.29, 0.717) is 17.1 Å². The number of aliphatic hydroxyl groups excluding tert-OH is 1. The van der Waals surface area contributed by atoms with Crippen LogP contribution in [0.15, 0.2) is 22.7 Å². The van der Waals surface area contributed by atoms with Gasteiger partial charge in [0.2, 0.25) is 0 Å². The molecule has 0 saturated heterocycles. The molecule has 1 rings (SSSR count). The van der Waals surface area contributed by atoms with Crippen molar-refractivity contribution < 1.29 is 9.90 Å². The van der Waals surface area contributed by atoms with Crippen molar-refractivity contribution in [2.24, 2.45) is 0 Å². The van der Waals surface area contributed by atoms with E-state index in [2.05, 4.69) is 26.6 Å². The second-order valence-corrected chi connectivity index (χ2v) is 5.31. The van der Waals surface area contributed by atoms with Crippen molar-refractivity contribution in [2.75, 3.05) is 11.9 Å². The number of hydrogen-bond donors (Lipinski definition) is 3. The van der Waals surface area contributed by atoms with Crippen LogP contribution in [0, 0.1) is 0 Å². The number of hydrogen-bond acceptors (Lipinski definition) is 2. The molecule has 1 aromatic rings. The monoisotopic (exact) mass is 334 g/mol. The highest BCUT2D eigenvalue weighted by molar-refractivity contribution is 9.10. The van der Waals surface area contributed by atoms with Crippen molar-refractivity contribution in [3.8, 4) is 0 Å². The summed E-state index contributed by atoms with van der Waals surface area (Å²) in [6, 6.07) is 4.95. The predicted octanol–water partition coefficient (Wildman–Crippen LogP) is 3.39. The number of halogens is 2. The van der Waals surface area contributed by atoms with Gasteiger partial charge in [0.15, 0.2) is 0 Å². The molecule has 1 aromatic carbocycles. The summed E-state index contributed by atoms with van der Waals surface area (Å²) in [6.45, 7) is 2.02. The molecule has 4 nitrogen and oxygen atoms in total. The summed E-state index contributed by atoms with van der Waals surface area (Å²) < 4.78 is 0.856. The van der Waals surface area contributed by atoms with Crippen LogP contribution in [0.25, 0.3) is 0 Å². The average molecular weight is 336 g/mol. The molecule has 0 heterocycles. The number of carbonyl (C=O) groups is 1. The first-order chi connectivity index (χ1) is 8.52. The molecule has 0 fully saturated rings. The summed E-state index contributed by atoms with van der Waals surface area (Å²) in [7, 11) is 0. The fourth-order valence-corrected chi connectivity index (χ4v) is 2.16. The predicted molar refractivity (Wildman–Crippen MR) is 77.1 cm³/mol. The van der Waals surface area contributed by atoms with E-state index < -0.39 is 0 Å².